The van der Waals surface area contributed by atoms with Gasteiger partial charge in [0.2, 0.25) is 0 Å². The molecule has 2 aliphatic rings. The lowest BCUT2D eigenvalue weighted by Crippen LogP contribution is -2.53. The minimum atomic E-state index is -0.197. The maximum Gasteiger partial charge on any atom is 0.267 e. The highest BCUT2D eigenvalue weighted by atomic mass is 35.5. The van der Waals surface area contributed by atoms with Crippen molar-refractivity contribution in [3.8, 4) is 17.0 Å². The average molecular weight is 443 g/mol. The van der Waals surface area contributed by atoms with E-state index in [1.807, 2.05) is 6.07 Å². The quantitative estimate of drug-likeness (QED) is 0.603. The number of carbonyl (C=O) groups excluding carboxylic acids is 1. The fourth-order valence-electron chi connectivity index (χ4n) is 3.54. The third-order valence-corrected chi connectivity index (χ3v) is 6.80. The number of ether oxygens (including phenoxy) is 1. The van der Waals surface area contributed by atoms with E-state index in [-0.39, 0.29) is 17.5 Å². The Hall–Kier alpha value is -2.71. The maximum absolute atomic E-state index is 12.7. The lowest BCUT2D eigenvalue weighted by atomic mass is 10.1. The van der Waals surface area contributed by atoms with Gasteiger partial charge in [-0.15, -0.1) is 11.3 Å². The Morgan fingerprint density at radius 1 is 1.23 bits per heavy atom. The first-order valence-electron chi connectivity index (χ1n) is 9.72. The highest BCUT2D eigenvalue weighted by Crippen LogP contribution is 2.42. The van der Waals surface area contributed by atoms with Crippen molar-refractivity contribution in [1.82, 2.24) is 19.7 Å². The van der Waals surface area contributed by atoms with Gasteiger partial charge in [0.15, 0.2) is 0 Å². The third-order valence-electron chi connectivity index (χ3n) is 5.42. The van der Waals surface area contributed by atoms with Gasteiger partial charge in [0.1, 0.15) is 10.6 Å². The number of benzene rings is 1. The Labute approximate surface area is 181 Å². The van der Waals surface area contributed by atoms with E-state index >= 15 is 0 Å². The van der Waals surface area contributed by atoms with Gasteiger partial charge in [-0.2, -0.15) is 5.10 Å². The molecule has 2 aromatic heterocycles. The van der Waals surface area contributed by atoms with Gasteiger partial charge in [0.25, 0.3) is 11.5 Å². The standard InChI is InChI=1S/C21H19ClN4O3S/c1-29-17-8-13(22)4-5-15(17)16-6-7-19(27)26(24-16)14-10-25(11-14)21(28)18-9-23-20(30-18)12-2-3-12/h4-9,12,14H,2-3,10-11H2,1H3. The Balaban J connectivity index is 1.34. The van der Waals surface area contributed by atoms with Crippen LogP contribution in [-0.2, 0) is 0 Å². The van der Waals surface area contributed by atoms with Crippen LogP contribution in [0, 0.1) is 0 Å². The number of hydrogen-bond donors (Lipinski definition) is 0. The molecule has 154 valence electrons. The van der Waals surface area contributed by atoms with E-state index in [2.05, 4.69) is 10.1 Å². The largest absolute Gasteiger partial charge is 0.496 e. The van der Waals surface area contributed by atoms with E-state index < -0.39 is 0 Å². The summed E-state index contributed by atoms with van der Waals surface area (Å²) in [5.74, 6) is 1.09. The molecule has 1 aliphatic heterocycles. The van der Waals surface area contributed by atoms with Crippen LogP contribution >= 0.6 is 22.9 Å². The van der Waals surface area contributed by atoms with E-state index in [1.165, 1.54) is 22.1 Å². The summed E-state index contributed by atoms with van der Waals surface area (Å²) in [5, 5.41) is 6.15. The van der Waals surface area contributed by atoms with Crippen LogP contribution in [0.3, 0.4) is 0 Å². The molecule has 0 bridgehead atoms. The van der Waals surface area contributed by atoms with Crippen LogP contribution < -0.4 is 10.3 Å². The van der Waals surface area contributed by atoms with E-state index in [0.29, 0.717) is 40.4 Å². The molecule has 0 N–H and O–H groups in total. The van der Waals surface area contributed by atoms with E-state index in [9.17, 15) is 9.59 Å². The predicted molar refractivity (Wildman–Crippen MR) is 115 cm³/mol. The maximum atomic E-state index is 12.7. The molecule has 3 aromatic rings. The van der Waals surface area contributed by atoms with E-state index in [0.717, 1.165) is 23.4 Å². The zero-order valence-electron chi connectivity index (χ0n) is 16.2. The molecule has 9 heteroatoms. The third kappa shape index (κ3) is 3.50. The highest BCUT2D eigenvalue weighted by Gasteiger charge is 2.35. The molecule has 1 amide bonds. The zero-order valence-corrected chi connectivity index (χ0v) is 17.8. The second kappa shape index (κ2) is 7.52. The number of nitrogens with zero attached hydrogens (tertiary/aromatic N) is 4. The van der Waals surface area contributed by atoms with Crippen LogP contribution in [-0.4, -0.2) is 45.8 Å². The number of halogens is 1. The molecule has 3 heterocycles. The van der Waals surface area contributed by atoms with Crippen molar-refractivity contribution in [3.63, 3.8) is 0 Å². The second-order valence-corrected chi connectivity index (χ2v) is 9.05. The Kier molecular flexibility index (Phi) is 4.83. The molecule has 0 spiro atoms. The van der Waals surface area contributed by atoms with Crippen molar-refractivity contribution in [2.75, 3.05) is 20.2 Å². The number of amides is 1. The Morgan fingerprint density at radius 2 is 2.03 bits per heavy atom. The Bertz CT molecular complexity index is 1180. The SMILES string of the molecule is COc1cc(Cl)ccc1-c1ccc(=O)n(C2CN(C(=O)c3cnc(C4CC4)s3)C2)n1. The van der Waals surface area contributed by atoms with Gasteiger partial charge in [-0.25, -0.2) is 9.67 Å². The number of carbonyl (C=O) groups is 1. The summed E-state index contributed by atoms with van der Waals surface area (Å²) >= 11 is 7.53. The molecule has 1 saturated heterocycles. The number of methoxy groups -OCH3 is 1. The average Bonchev–Trinajstić information content (AvgIpc) is 3.44. The van der Waals surface area contributed by atoms with Gasteiger partial charge < -0.3 is 9.64 Å². The Morgan fingerprint density at radius 3 is 2.77 bits per heavy atom. The summed E-state index contributed by atoms with van der Waals surface area (Å²) in [4.78, 5) is 31.9. The van der Waals surface area contributed by atoms with Gasteiger partial charge in [0, 0.05) is 35.7 Å². The predicted octanol–water partition coefficient (Wildman–Crippen LogP) is 3.60. The molecule has 0 unspecified atom stereocenters. The summed E-state index contributed by atoms with van der Waals surface area (Å²) in [5.41, 5.74) is 1.17. The van der Waals surface area contributed by atoms with Crippen molar-refractivity contribution in [2.24, 2.45) is 0 Å². The van der Waals surface area contributed by atoms with Gasteiger partial charge in [-0.05, 0) is 37.1 Å². The normalized spacial score (nSPS) is 16.4. The fraction of sp³-hybridized carbons (Fsp3) is 0.333. The topological polar surface area (TPSA) is 77.3 Å². The number of hydrogen-bond acceptors (Lipinski definition) is 6. The number of aromatic nitrogens is 3. The first-order chi connectivity index (χ1) is 14.5. The summed E-state index contributed by atoms with van der Waals surface area (Å²) < 4.78 is 6.86. The van der Waals surface area contributed by atoms with Gasteiger partial charge in [-0.1, -0.05) is 11.6 Å². The van der Waals surface area contributed by atoms with Crippen molar-refractivity contribution in [2.45, 2.75) is 24.8 Å². The van der Waals surface area contributed by atoms with E-state index in [1.54, 1.807) is 36.4 Å². The zero-order chi connectivity index (χ0) is 20.8. The summed E-state index contributed by atoms with van der Waals surface area (Å²) in [6.45, 7) is 0.896. The highest BCUT2D eigenvalue weighted by molar-refractivity contribution is 7.13. The van der Waals surface area contributed by atoms with Gasteiger partial charge >= 0.3 is 0 Å². The molecule has 5 rings (SSSR count). The molecule has 2 fully saturated rings. The monoisotopic (exact) mass is 442 g/mol. The molecular weight excluding hydrogens is 424 g/mol. The summed E-state index contributed by atoms with van der Waals surface area (Å²) in [6, 6.07) is 8.29. The van der Waals surface area contributed by atoms with Gasteiger partial charge in [0.05, 0.1) is 30.1 Å². The second-order valence-electron chi connectivity index (χ2n) is 7.55. The smallest absolute Gasteiger partial charge is 0.267 e. The molecule has 0 radical (unpaired) electrons. The van der Waals surface area contributed by atoms with Crippen molar-refractivity contribution >= 4 is 28.8 Å². The number of rotatable bonds is 5. The lowest BCUT2D eigenvalue weighted by Gasteiger charge is -2.39. The van der Waals surface area contributed by atoms with Crippen molar-refractivity contribution in [3.05, 3.63) is 61.8 Å². The number of thiazole rings is 1. The molecule has 0 atom stereocenters. The van der Waals surface area contributed by atoms with Crippen molar-refractivity contribution < 1.29 is 9.53 Å². The molecule has 30 heavy (non-hydrogen) atoms. The molecule has 1 saturated carbocycles. The molecule has 1 aromatic carbocycles. The molecule has 1 aliphatic carbocycles. The summed E-state index contributed by atoms with van der Waals surface area (Å²) in [7, 11) is 1.56. The van der Waals surface area contributed by atoms with Crippen LogP contribution in [0.15, 0.2) is 41.3 Å². The van der Waals surface area contributed by atoms with Crippen LogP contribution in [0.1, 0.15) is 39.5 Å². The first-order valence-corrected chi connectivity index (χ1v) is 10.9. The molecular formula is C21H19ClN4O3S. The summed E-state index contributed by atoms with van der Waals surface area (Å²) in [6.07, 6.45) is 4.00. The lowest BCUT2D eigenvalue weighted by molar-refractivity contribution is 0.0498. The van der Waals surface area contributed by atoms with Crippen molar-refractivity contribution in [1.29, 1.82) is 0 Å². The van der Waals surface area contributed by atoms with Crippen LogP contribution in [0.4, 0.5) is 0 Å². The minimum absolute atomic E-state index is 0.0285. The van der Waals surface area contributed by atoms with Crippen LogP contribution in [0.25, 0.3) is 11.3 Å². The fourth-order valence-corrected chi connectivity index (χ4v) is 4.76. The first kappa shape index (κ1) is 19.3. The van der Waals surface area contributed by atoms with E-state index in [4.69, 9.17) is 16.3 Å². The van der Waals surface area contributed by atoms with Gasteiger partial charge in [-0.3, -0.25) is 9.59 Å². The van der Waals surface area contributed by atoms with Crippen LogP contribution in [0.2, 0.25) is 5.02 Å². The minimum Gasteiger partial charge on any atom is -0.496 e. The number of likely N-dealkylation sites (tertiary alicyclic amines) is 1. The van der Waals surface area contributed by atoms with Crippen LogP contribution in [0.5, 0.6) is 5.75 Å². The molecule has 7 nitrogen and oxygen atoms in total.